The van der Waals surface area contributed by atoms with Crippen LogP contribution in [0.2, 0.25) is 0 Å². The van der Waals surface area contributed by atoms with Crippen molar-refractivity contribution < 1.29 is 19.1 Å². The number of anilines is 2. The van der Waals surface area contributed by atoms with E-state index in [1.165, 1.54) is 17.5 Å². The van der Waals surface area contributed by atoms with Gasteiger partial charge in [-0.3, -0.25) is 10.2 Å². The van der Waals surface area contributed by atoms with Crippen LogP contribution in [-0.4, -0.2) is 41.0 Å². The van der Waals surface area contributed by atoms with Gasteiger partial charge < -0.3 is 20.5 Å². The summed E-state index contributed by atoms with van der Waals surface area (Å²) in [7, 11) is 0. The van der Waals surface area contributed by atoms with Gasteiger partial charge in [-0.1, -0.05) is 6.07 Å². The molecule has 0 bridgehead atoms. The molecule has 13 heteroatoms. The summed E-state index contributed by atoms with van der Waals surface area (Å²) in [6.45, 7) is 2.07. The number of amides is 1. The number of aromatic nitrogens is 2. The standard InChI is InChI=1S/C25H24N6O4S.2ClH/c1-2-34-23(32)15-31(21-5-3-4-12-28-21)25(33)35-18-10-11-20-19(13-18)30-22(36-20)14-29-17-8-6-16(7-9-17)24(26)27;;/h3-13,29H,2,14-15H2,1H3,(H3,26,27);2*1H. The predicted molar refractivity (Wildman–Crippen MR) is 153 cm³/mol. The molecule has 0 aliphatic heterocycles. The number of fused-ring (bicyclic) bond motifs is 1. The van der Waals surface area contributed by atoms with Crippen LogP contribution < -0.4 is 20.7 Å². The van der Waals surface area contributed by atoms with E-state index in [4.69, 9.17) is 20.6 Å². The lowest BCUT2D eigenvalue weighted by atomic mass is 10.2. The van der Waals surface area contributed by atoms with Gasteiger partial charge in [-0.25, -0.2) is 19.7 Å². The van der Waals surface area contributed by atoms with Crippen molar-refractivity contribution in [3.05, 3.63) is 77.4 Å². The van der Waals surface area contributed by atoms with Gasteiger partial charge in [-0.15, -0.1) is 36.2 Å². The van der Waals surface area contributed by atoms with Gasteiger partial charge in [0.05, 0.1) is 23.4 Å². The maximum atomic E-state index is 12.9. The minimum absolute atomic E-state index is 0. The van der Waals surface area contributed by atoms with E-state index in [0.717, 1.165) is 20.3 Å². The Bertz CT molecular complexity index is 1390. The molecule has 0 saturated carbocycles. The van der Waals surface area contributed by atoms with E-state index in [1.54, 1.807) is 49.4 Å². The van der Waals surface area contributed by atoms with Gasteiger partial charge >= 0.3 is 12.1 Å². The van der Waals surface area contributed by atoms with Crippen molar-refractivity contribution >= 4 is 75.8 Å². The Morgan fingerprint density at radius 1 is 1.11 bits per heavy atom. The van der Waals surface area contributed by atoms with Crippen LogP contribution in [0.5, 0.6) is 5.75 Å². The number of ether oxygens (including phenoxy) is 2. The Labute approximate surface area is 235 Å². The minimum atomic E-state index is -0.757. The lowest BCUT2D eigenvalue weighted by Gasteiger charge is -2.20. The third-order valence-corrected chi connectivity index (χ3v) is 6.02. The number of carbonyl (C=O) groups excluding carboxylic acids is 2. The average molecular weight is 577 g/mol. The minimum Gasteiger partial charge on any atom is -0.465 e. The Morgan fingerprint density at radius 3 is 2.53 bits per heavy atom. The first kappa shape index (κ1) is 30.3. The largest absolute Gasteiger partial charge is 0.465 e. The van der Waals surface area contributed by atoms with Crippen LogP contribution in [0.4, 0.5) is 16.3 Å². The number of nitrogen functional groups attached to an aromatic ring is 1. The summed E-state index contributed by atoms with van der Waals surface area (Å²) < 4.78 is 11.5. The van der Waals surface area contributed by atoms with Crippen molar-refractivity contribution in [2.45, 2.75) is 13.5 Å². The van der Waals surface area contributed by atoms with Crippen LogP contribution in [-0.2, 0) is 16.1 Å². The topological polar surface area (TPSA) is 144 Å². The quantitative estimate of drug-likeness (QED) is 0.143. The predicted octanol–water partition coefficient (Wildman–Crippen LogP) is 5.00. The molecule has 1 amide bonds. The third kappa shape index (κ3) is 7.78. The van der Waals surface area contributed by atoms with Crippen LogP contribution in [0.25, 0.3) is 10.2 Å². The molecule has 4 rings (SSSR count). The number of carbonyl (C=O) groups is 2. The van der Waals surface area contributed by atoms with Crippen molar-refractivity contribution in [2.75, 3.05) is 23.4 Å². The zero-order valence-electron chi connectivity index (χ0n) is 20.2. The van der Waals surface area contributed by atoms with E-state index in [-0.39, 0.29) is 49.6 Å². The molecular formula is C25H26Cl2N6O4S. The first-order chi connectivity index (χ1) is 17.4. The Balaban J connectivity index is 0.00000253. The van der Waals surface area contributed by atoms with E-state index in [0.29, 0.717) is 23.4 Å². The number of amidine groups is 1. The zero-order valence-corrected chi connectivity index (χ0v) is 22.7. The van der Waals surface area contributed by atoms with Gasteiger partial charge in [0.15, 0.2) is 0 Å². The van der Waals surface area contributed by atoms with Gasteiger partial charge in [0.25, 0.3) is 0 Å². The van der Waals surface area contributed by atoms with Gasteiger partial charge in [0, 0.05) is 23.5 Å². The van der Waals surface area contributed by atoms with Crippen LogP contribution >= 0.6 is 36.2 Å². The van der Waals surface area contributed by atoms with Crippen LogP contribution in [0, 0.1) is 5.41 Å². The number of hydrogen-bond donors (Lipinski definition) is 3. The summed E-state index contributed by atoms with van der Waals surface area (Å²) in [5.74, 6) is 0.0216. The summed E-state index contributed by atoms with van der Waals surface area (Å²) in [6.07, 6.45) is 0.766. The molecule has 200 valence electrons. The van der Waals surface area contributed by atoms with E-state index in [2.05, 4.69) is 15.3 Å². The highest BCUT2D eigenvalue weighted by molar-refractivity contribution is 7.18. The first-order valence-corrected chi connectivity index (χ1v) is 11.9. The zero-order chi connectivity index (χ0) is 25.5. The summed E-state index contributed by atoms with van der Waals surface area (Å²) in [6, 6.07) is 17.5. The number of nitrogens with one attached hydrogen (secondary N) is 2. The van der Waals surface area contributed by atoms with Crippen molar-refractivity contribution in [3.8, 4) is 5.75 Å². The molecule has 0 unspecified atom stereocenters. The molecule has 0 aliphatic carbocycles. The van der Waals surface area contributed by atoms with Gasteiger partial charge in [0.1, 0.15) is 29.0 Å². The molecule has 10 nitrogen and oxygen atoms in total. The fourth-order valence-electron chi connectivity index (χ4n) is 3.28. The number of pyridine rings is 1. The number of thiazole rings is 1. The third-order valence-electron chi connectivity index (χ3n) is 4.99. The SMILES string of the molecule is CCOC(=O)CN(C(=O)Oc1ccc2sc(CNc3ccc(C(=N)N)cc3)nc2c1)c1ccccn1.Cl.Cl. The molecule has 2 aromatic heterocycles. The highest BCUT2D eigenvalue weighted by Gasteiger charge is 2.23. The highest BCUT2D eigenvalue weighted by Crippen LogP contribution is 2.27. The maximum Gasteiger partial charge on any atom is 0.421 e. The molecular weight excluding hydrogens is 551 g/mol. The number of benzene rings is 2. The second-order valence-corrected chi connectivity index (χ2v) is 8.64. The van der Waals surface area contributed by atoms with Crippen LogP contribution in [0.3, 0.4) is 0 Å². The second-order valence-electron chi connectivity index (χ2n) is 7.53. The number of halogens is 2. The average Bonchev–Trinajstić information content (AvgIpc) is 3.29. The molecule has 0 aliphatic rings. The highest BCUT2D eigenvalue weighted by atomic mass is 35.5. The molecule has 2 heterocycles. The normalized spacial score (nSPS) is 10.0. The summed E-state index contributed by atoms with van der Waals surface area (Å²) in [5, 5.41) is 11.6. The van der Waals surface area contributed by atoms with E-state index >= 15 is 0 Å². The molecule has 2 aromatic carbocycles. The van der Waals surface area contributed by atoms with Gasteiger partial charge in [-0.2, -0.15) is 0 Å². The molecule has 0 spiro atoms. The molecule has 0 atom stereocenters. The van der Waals surface area contributed by atoms with Crippen LogP contribution in [0.15, 0.2) is 66.9 Å². The second kappa shape index (κ2) is 14.1. The van der Waals surface area contributed by atoms with E-state index < -0.39 is 12.1 Å². The number of nitrogens with two attached hydrogens (primary N) is 1. The van der Waals surface area contributed by atoms with E-state index in [9.17, 15) is 9.59 Å². The fraction of sp³-hybridized carbons (Fsp3) is 0.160. The lowest BCUT2D eigenvalue weighted by molar-refractivity contribution is -0.141. The van der Waals surface area contributed by atoms with Gasteiger partial charge in [0.2, 0.25) is 0 Å². The summed E-state index contributed by atoms with van der Waals surface area (Å²) in [4.78, 5) is 34.9. The summed E-state index contributed by atoms with van der Waals surface area (Å²) in [5.41, 5.74) is 7.71. The Kier molecular flexibility index (Phi) is 11.3. The molecule has 0 fully saturated rings. The van der Waals surface area contributed by atoms with Crippen LogP contribution in [0.1, 0.15) is 17.5 Å². The fourth-order valence-corrected chi connectivity index (χ4v) is 4.17. The first-order valence-electron chi connectivity index (χ1n) is 11.1. The monoisotopic (exact) mass is 576 g/mol. The maximum absolute atomic E-state index is 12.9. The summed E-state index contributed by atoms with van der Waals surface area (Å²) >= 11 is 1.52. The number of esters is 1. The van der Waals surface area contributed by atoms with E-state index in [1.807, 2.05) is 18.2 Å². The Morgan fingerprint density at radius 2 is 1.87 bits per heavy atom. The molecule has 0 saturated heterocycles. The lowest BCUT2D eigenvalue weighted by Crippen LogP contribution is -2.39. The number of hydrogen-bond acceptors (Lipinski definition) is 9. The number of nitrogens with zero attached hydrogens (tertiary/aromatic N) is 3. The number of rotatable bonds is 9. The molecule has 4 N–H and O–H groups in total. The Hall–Kier alpha value is -3.93. The molecule has 38 heavy (non-hydrogen) atoms. The van der Waals surface area contributed by atoms with Crippen molar-refractivity contribution in [1.82, 2.24) is 9.97 Å². The molecule has 0 radical (unpaired) electrons. The smallest absolute Gasteiger partial charge is 0.421 e. The van der Waals surface area contributed by atoms with Gasteiger partial charge in [-0.05, 0) is 55.5 Å². The van der Waals surface area contributed by atoms with Crippen molar-refractivity contribution in [2.24, 2.45) is 5.73 Å². The molecule has 4 aromatic rings. The van der Waals surface area contributed by atoms with Crippen molar-refractivity contribution in [1.29, 1.82) is 5.41 Å². The van der Waals surface area contributed by atoms with Crippen molar-refractivity contribution in [3.63, 3.8) is 0 Å².